The number of phenolic OH excluding ortho intramolecular Hbond substituents is 1. The molecule has 0 radical (unpaired) electrons. The number of carbonyl (C=O) groups excluding carboxylic acids is 1. The Kier molecular flexibility index (Phi) is 4.35. The van der Waals surface area contributed by atoms with E-state index in [1.165, 1.54) is 12.5 Å². The maximum Gasteiger partial charge on any atom is 0.252 e. The summed E-state index contributed by atoms with van der Waals surface area (Å²) < 4.78 is 0. The third-order valence-electron chi connectivity index (χ3n) is 3.90. The number of hydrogen-bond donors (Lipinski definition) is 2. The van der Waals surface area contributed by atoms with Crippen molar-refractivity contribution in [2.75, 3.05) is 5.88 Å². The molecule has 4 heteroatoms. The number of alkyl halides is 1. The van der Waals surface area contributed by atoms with Gasteiger partial charge in [0, 0.05) is 11.4 Å². The van der Waals surface area contributed by atoms with E-state index < -0.39 is 0 Å². The molecule has 1 fully saturated rings. The average Bonchev–Trinajstić information content (AvgIpc) is 2.39. The van der Waals surface area contributed by atoms with E-state index in [0.717, 1.165) is 31.2 Å². The van der Waals surface area contributed by atoms with Crippen LogP contribution in [0.1, 0.15) is 48.0 Å². The molecule has 104 valence electrons. The predicted molar refractivity (Wildman–Crippen MR) is 76.8 cm³/mol. The first-order chi connectivity index (χ1) is 9.06. The van der Waals surface area contributed by atoms with Crippen LogP contribution in [-0.4, -0.2) is 22.4 Å². The zero-order valence-corrected chi connectivity index (χ0v) is 12.0. The number of amides is 1. The van der Waals surface area contributed by atoms with Gasteiger partial charge in [-0.05, 0) is 43.5 Å². The smallest absolute Gasteiger partial charge is 0.252 e. The maximum atomic E-state index is 12.4. The lowest BCUT2D eigenvalue weighted by molar-refractivity contribution is 0.0884. The summed E-state index contributed by atoms with van der Waals surface area (Å²) in [7, 11) is 0. The fourth-order valence-corrected chi connectivity index (χ4v) is 3.07. The minimum atomic E-state index is -0.263. The predicted octanol–water partition coefficient (Wildman–Crippen LogP) is 3.37. The van der Waals surface area contributed by atoms with E-state index in [4.69, 9.17) is 11.6 Å². The summed E-state index contributed by atoms with van der Waals surface area (Å²) in [5.74, 6) is 0.536. The Morgan fingerprint density at radius 3 is 2.63 bits per heavy atom. The number of aromatic hydroxyl groups is 1. The first-order valence-electron chi connectivity index (χ1n) is 6.74. The van der Waals surface area contributed by atoms with Crippen LogP contribution in [0, 0.1) is 6.92 Å². The first-order valence-corrected chi connectivity index (χ1v) is 7.28. The lowest BCUT2D eigenvalue weighted by Gasteiger charge is -2.36. The Labute approximate surface area is 119 Å². The minimum Gasteiger partial charge on any atom is -0.508 e. The minimum absolute atomic E-state index is 0.0972. The molecule has 1 aliphatic carbocycles. The van der Waals surface area contributed by atoms with Crippen molar-refractivity contribution < 1.29 is 9.90 Å². The van der Waals surface area contributed by atoms with Crippen molar-refractivity contribution in [3.05, 3.63) is 29.3 Å². The highest BCUT2D eigenvalue weighted by atomic mass is 35.5. The molecule has 0 aromatic heterocycles. The molecule has 1 amide bonds. The van der Waals surface area contributed by atoms with E-state index in [-0.39, 0.29) is 17.2 Å². The van der Waals surface area contributed by atoms with E-state index in [2.05, 4.69) is 5.32 Å². The van der Waals surface area contributed by atoms with Gasteiger partial charge in [0.25, 0.3) is 5.91 Å². The molecule has 0 bridgehead atoms. The van der Waals surface area contributed by atoms with E-state index in [9.17, 15) is 9.90 Å². The summed E-state index contributed by atoms with van der Waals surface area (Å²) in [5.41, 5.74) is 1.12. The van der Waals surface area contributed by atoms with Gasteiger partial charge in [-0.25, -0.2) is 0 Å². The van der Waals surface area contributed by atoms with Gasteiger partial charge >= 0.3 is 0 Å². The van der Waals surface area contributed by atoms with Gasteiger partial charge < -0.3 is 10.4 Å². The molecule has 2 N–H and O–H groups in total. The molecule has 0 saturated heterocycles. The Morgan fingerprint density at radius 1 is 1.37 bits per heavy atom. The highest BCUT2D eigenvalue weighted by Crippen LogP contribution is 2.30. The highest BCUT2D eigenvalue weighted by Gasteiger charge is 2.33. The molecule has 3 nitrogen and oxygen atoms in total. The van der Waals surface area contributed by atoms with Crippen LogP contribution in [0.2, 0.25) is 0 Å². The molecule has 2 rings (SSSR count). The van der Waals surface area contributed by atoms with Crippen molar-refractivity contribution in [2.24, 2.45) is 0 Å². The summed E-state index contributed by atoms with van der Waals surface area (Å²) in [4.78, 5) is 12.4. The van der Waals surface area contributed by atoms with Crippen LogP contribution in [0.4, 0.5) is 0 Å². The molecule has 0 unspecified atom stereocenters. The van der Waals surface area contributed by atoms with E-state index in [1.807, 2.05) is 6.92 Å². The van der Waals surface area contributed by atoms with Crippen molar-refractivity contribution in [1.29, 1.82) is 0 Å². The number of halogens is 1. The van der Waals surface area contributed by atoms with Crippen LogP contribution in [0.5, 0.6) is 5.75 Å². The monoisotopic (exact) mass is 281 g/mol. The molecular weight excluding hydrogens is 262 g/mol. The van der Waals surface area contributed by atoms with Crippen molar-refractivity contribution in [1.82, 2.24) is 5.32 Å². The molecule has 1 aliphatic rings. The van der Waals surface area contributed by atoms with Gasteiger partial charge in [-0.2, -0.15) is 0 Å². The molecule has 1 aromatic carbocycles. The van der Waals surface area contributed by atoms with Gasteiger partial charge in [0.1, 0.15) is 5.75 Å². The number of hydrogen-bond acceptors (Lipinski definition) is 2. The quantitative estimate of drug-likeness (QED) is 0.835. The number of rotatable bonds is 3. The molecule has 1 saturated carbocycles. The third kappa shape index (κ3) is 3.21. The zero-order valence-electron chi connectivity index (χ0n) is 11.2. The molecule has 0 heterocycles. The van der Waals surface area contributed by atoms with E-state index >= 15 is 0 Å². The molecule has 0 aliphatic heterocycles. The molecule has 0 spiro atoms. The second-order valence-electron chi connectivity index (χ2n) is 5.43. The average molecular weight is 282 g/mol. The van der Waals surface area contributed by atoms with Gasteiger partial charge in [-0.1, -0.05) is 19.3 Å². The Morgan fingerprint density at radius 2 is 2.05 bits per heavy atom. The van der Waals surface area contributed by atoms with Crippen LogP contribution in [-0.2, 0) is 0 Å². The molecular formula is C15H20ClNO2. The Bertz CT molecular complexity index is 467. The summed E-state index contributed by atoms with van der Waals surface area (Å²) in [6.45, 7) is 1.82. The van der Waals surface area contributed by atoms with Crippen LogP contribution >= 0.6 is 11.6 Å². The molecule has 19 heavy (non-hydrogen) atoms. The zero-order chi connectivity index (χ0) is 13.9. The lowest BCUT2D eigenvalue weighted by atomic mass is 9.83. The first kappa shape index (κ1) is 14.2. The second-order valence-corrected chi connectivity index (χ2v) is 5.70. The number of aryl methyl sites for hydroxylation is 1. The Balaban J connectivity index is 2.15. The number of benzene rings is 1. The van der Waals surface area contributed by atoms with Gasteiger partial charge in [0.2, 0.25) is 0 Å². The summed E-state index contributed by atoms with van der Waals surface area (Å²) in [6, 6.07) is 4.80. The topological polar surface area (TPSA) is 49.3 Å². The van der Waals surface area contributed by atoms with Crippen molar-refractivity contribution in [3.63, 3.8) is 0 Å². The van der Waals surface area contributed by atoms with Crippen molar-refractivity contribution in [3.8, 4) is 5.75 Å². The summed E-state index contributed by atoms with van der Waals surface area (Å²) in [5, 5.41) is 12.5. The highest BCUT2D eigenvalue weighted by molar-refractivity contribution is 6.19. The van der Waals surface area contributed by atoms with Crippen molar-refractivity contribution in [2.45, 2.75) is 44.6 Å². The van der Waals surface area contributed by atoms with Gasteiger partial charge in [-0.15, -0.1) is 11.6 Å². The Hall–Kier alpha value is -1.22. The number of nitrogens with one attached hydrogen (secondary N) is 1. The van der Waals surface area contributed by atoms with E-state index in [1.54, 1.807) is 12.1 Å². The standard InChI is InChI=1S/C15H20ClNO2/c1-11-9-12(18)5-6-13(11)14(19)17-15(10-16)7-3-2-4-8-15/h5-6,9,18H,2-4,7-8,10H2,1H3,(H,17,19). The van der Waals surface area contributed by atoms with Crippen LogP contribution < -0.4 is 5.32 Å². The van der Waals surface area contributed by atoms with E-state index in [0.29, 0.717) is 11.4 Å². The van der Waals surface area contributed by atoms with Crippen LogP contribution in [0.15, 0.2) is 18.2 Å². The SMILES string of the molecule is Cc1cc(O)ccc1C(=O)NC1(CCl)CCCCC1. The second kappa shape index (κ2) is 5.83. The maximum absolute atomic E-state index is 12.4. The van der Waals surface area contributed by atoms with Gasteiger partial charge in [0.05, 0.1) is 5.54 Å². The molecule has 1 aromatic rings. The summed E-state index contributed by atoms with van der Waals surface area (Å²) in [6.07, 6.45) is 5.33. The van der Waals surface area contributed by atoms with Crippen LogP contribution in [0.3, 0.4) is 0 Å². The molecule has 0 atom stereocenters. The van der Waals surface area contributed by atoms with Crippen LogP contribution in [0.25, 0.3) is 0 Å². The fraction of sp³-hybridized carbons (Fsp3) is 0.533. The third-order valence-corrected chi connectivity index (χ3v) is 4.41. The van der Waals surface area contributed by atoms with Gasteiger partial charge in [-0.3, -0.25) is 4.79 Å². The largest absolute Gasteiger partial charge is 0.508 e. The van der Waals surface area contributed by atoms with Crippen molar-refractivity contribution >= 4 is 17.5 Å². The number of phenols is 1. The lowest BCUT2D eigenvalue weighted by Crippen LogP contribution is -2.51. The fourth-order valence-electron chi connectivity index (χ4n) is 2.73. The normalized spacial score (nSPS) is 18.0. The summed E-state index contributed by atoms with van der Waals surface area (Å²) >= 11 is 6.08. The number of carbonyl (C=O) groups is 1. The van der Waals surface area contributed by atoms with Gasteiger partial charge in [0.15, 0.2) is 0 Å².